The monoisotopic (exact) mass is 516 g/mol. The van der Waals surface area contributed by atoms with E-state index in [1.165, 1.54) is 12.1 Å². The Bertz CT molecular complexity index is 749. The van der Waals surface area contributed by atoms with Gasteiger partial charge in [0.05, 0.1) is 0 Å². The van der Waals surface area contributed by atoms with E-state index in [0.29, 0.717) is 38.4 Å². The van der Waals surface area contributed by atoms with Gasteiger partial charge in [0.1, 0.15) is 12.4 Å². The Morgan fingerprint density at radius 3 is 2.75 bits per heavy atom. The Morgan fingerprint density at radius 1 is 1.25 bits per heavy atom. The number of hydrogen-bond acceptors (Lipinski definition) is 2. The summed E-state index contributed by atoms with van der Waals surface area (Å²) in [6.07, 6.45) is -1.38. The fraction of sp³-hybridized carbons (Fsp3) is 0.500. The van der Waals surface area contributed by atoms with Crippen LogP contribution >= 0.6 is 24.0 Å². The number of aliphatic imine (C=N–C) groups is 1. The molecule has 0 aliphatic rings. The van der Waals surface area contributed by atoms with E-state index in [-0.39, 0.29) is 36.4 Å². The first kappa shape index (κ1) is 24.5. The van der Waals surface area contributed by atoms with Crippen LogP contribution in [0.2, 0.25) is 0 Å². The molecule has 0 aliphatic heterocycles. The predicted octanol–water partition coefficient (Wildman–Crippen LogP) is 3.99. The second kappa shape index (κ2) is 12.1. The standard InChI is InChI=1S/C18H24F4N4O.HI/c1-2-23-17(24-7-3-9-27-12-18(20,21)22)25-8-6-13-11-26-16-5-4-14(19)10-15(13)16;/h4-5,10-11,26H,2-3,6-9,12H2,1H3,(H2,23,24,25);1H. The van der Waals surface area contributed by atoms with Gasteiger partial charge in [-0.2, -0.15) is 13.2 Å². The number of aromatic nitrogens is 1. The maximum absolute atomic E-state index is 13.4. The second-order valence-electron chi connectivity index (χ2n) is 5.96. The fourth-order valence-electron chi connectivity index (χ4n) is 2.56. The van der Waals surface area contributed by atoms with Crippen molar-refractivity contribution in [2.45, 2.75) is 25.9 Å². The van der Waals surface area contributed by atoms with E-state index < -0.39 is 12.8 Å². The molecule has 0 fully saturated rings. The minimum absolute atomic E-state index is 0. The Balaban J connectivity index is 0.00000392. The van der Waals surface area contributed by atoms with Crippen LogP contribution in [0.25, 0.3) is 10.9 Å². The van der Waals surface area contributed by atoms with Gasteiger partial charge >= 0.3 is 6.18 Å². The van der Waals surface area contributed by atoms with Crippen molar-refractivity contribution in [3.8, 4) is 0 Å². The van der Waals surface area contributed by atoms with Crippen molar-refractivity contribution in [3.63, 3.8) is 0 Å². The van der Waals surface area contributed by atoms with Crippen molar-refractivity contribution in [1.29, 1.82) is 0 Å². The van der Waals surface area contributed by atoms with Gasteiger partial charge in [0.15, 0.2) is 5.96 Å². The lowest BCUT2D eigenvalue weighted by molar-refractivity contribution is -0.173. The molecule has 28 heavy (non-hydrogen) atoms. The first-order valence-electron chi connectivity index (χ1n) is 8.81. The zero-order chi connectivity index (χ0) is 19.7. The van der Waals surface area contributed by atoms with Gasteiger partial charge in [0.25, 0.3) is 0 Å². The first-order chi connectivity index (χ1) is 12.9. The van der Waals surface area contributed by atoms with Gasteiger partial charge in [0, 0.05) is 43.3 Å². The van der Waals surface area contributed by atoms with Crippen LogP contribution in [-0.4, -0.2) is 50.0 Å². The van der Waals surface area contributed by atoms with Gasteiger partial charge < -0.3 is 20.4 Å². The summed E-state index contributed by atoms with van der Waals surface area (Å²) in [6, 6.07) is 4.62. The molecule has 0 unspecified atom stereocenters. The molecule has 0 atom stereocenters. The van der Waals surface area contributed by atoms with Crippen molar-refractivity contribution in [2.24, 2.45) is 4.99 Å². The smallest absolute Gasteiger partial charge is 0.372 e. The molecule has 2 rings (SSSR count). The first-order valence-corrected chi connectivity index (χ1v) is 8.81. The highest BCUT2D eigenvalue weighted by atomic mass is 127. The highest BCUT2D eigenvalue weighted by Gasteiger charge is 2.27. The van der Waals surface area contributed by atoms with E-state index in [1.54, 1.807) is 6.07 Å². The number of guanidine groups is 1. The lowest BCUT2D eigenvalue weighted by Crippen LogP contribution is -2.38. The topological polar surface area (TPSA) is 61.4 Å². The third kappa shape index (κ3) is 8.63. The molecule has 0 saturated carbocycles. The number of benzene rings is 1. The van der Waals surface area contributed by atoms with E-state index >= 15 is 0 Å². The molecule has 5 nitrogen and oxygen atoms in total. The molecule has 1 aromatic carbocycles. The average molecular weight is 516 g/mol. The van der Waals surface area contributed by atoms with Gasteiger partial charge in [-0.3, -0.25) is 4.99 Å². The number of halogens is 5. The van der Waals surface area contributed by atoms with Crippen LogP contribution in [-0.2, 0) is 11.2 Å². The van der Waals surface area contributed by atoms with Gasteiger partial charge in [-0.15, -0.1) is 24.0 Å². The summed E-state index contributed by atoms with van der Waals surface area (Å²) >= 11 is 0. The maximum atomic E-state index is 13.4. The van der Waals surface area contributed by atoms with Crippen LogP contribution in [0.15, 0.2) is 29.4 Å². The number of hydrogen-bond donors (Lipinski definition) is 3. The van der Waals surface area contributed by atoms with Gasteiger partial charge in [-0.25, -0.2) is 4.39 Å². The molecule has 158 valence electrons. The molecule has 10 heteroatoms. The molecule has 0 spiro atoms. The second-order valence-corrected chi connectivity index (χ2v) is 5.96. The lowest BCUT2D eigenvalue weighted by atomic mass is 10.1. The van der Waals surface area contributed by atoms with Crippen LogP contribution in [0.4, 0.5) is 17.6 Å². The van der Waals surface area contributed by atoms with Crippen molar-refractivity contribution >= 4 is 40.8 Å². The molecule has 3 N–H and O–H groups in total. The van der Waals surface area contributed by atoms with E-state index in [1.807, 2.05) is 13.1 Å². The van der Waals surface area contributed by atoms with Crippen molar-refractivity contribution < 1.29 is 22.3 Å². The number of nitrogens with one attached hydrogen (secondary N) is 3. The number of alkyl halides is 3. The summed E-state index contributed by atoms with van der Waals surface area (Å²) in [5.74, 6) is 0.304. The Labute approximate surface area is 178 Å². The summed E-state index contributed by atoms with van der Waals surface area (Å²) in [6.45, 7) is 2.29. The number of aromatic amines is 1. The quantitative estimate of drug-likeness (QED) is 0.155. The molecule has 1 aromatic heterocycles. The molecular weight excluding hydrogens is 491 g/mol. The third-order valence-electron chi connectivity index (χ3n) is 3.74. The van der Waals surface area contributed by atoms with Gasteiger partial charge in [0.2, 0.25) is 0 Å². The molecule has 2 aromatic rings. The summed E-state index contributed by atoms with van der Waals surface area (Å²) in [5.41, 5.74) is 1.87. The van der Waals surface area contributed by atoms with E-state index in [2.05, 4.69) is 25.3 Å². The van der Waals surface area contributed by atoms with E-state index in [9.17, 15) is 17.6 Å². The number of rotatable bonds is 9. The largest absolute Gasteiger partial charge is 0.411 e. The number of nitrogens with zero attached hydrogens (tertiary/aromatic N) is 1. The molecule has 0 amide bonds. The molecular formula is C18H25F4IN4O. The minimum Gasteiger partial charge on any atom is -0.372 e. The number of ether oxygens (including phenoxy) is 1. The molecule has 0 saturated heterocycles. The summed E-state index contributed by atoms with van der Waals surface area (Å²) in [4.78, 5) is 7.42. The minimum atomic E-state index is -4.30. The highest BCUT2D eigenvalue weighted by molar-refractivity contribution is 14.0. The number of fused-ring (bicyclic) bond motifs is 1. The predicted molar refractivity (Wildman–Crippen MR) is 113 cm³/mol. The molecule has 0 bridgehead atoms. The SMILES string of the molecule is CCNC(=NCCCOCC(F)(F)F)NCCc1c[nH]c2ccc(F)cc12.I. The van der Waals surface area contributed by atoms with Crippen LogP contribution in [0, 0.1) is 5.82 Å². The molecule has 0 radical (unpaired) electrons. The summed E-state index contributed by atoms with van der Waals surface area (Å²) in [7, 11) is 0. The lowest BCUT2D eigenvalue weighted by Gasteiger charge is -2.11. The van der Waals surface area contributed by atoms with Crippen molar-refractivity contribution in [1.82, 2.24) is 15.6 Å². The van der Waals surface area contributed by atoms with Crippen LogP contribution in [0.3, 0.4) is 0 Å². The molecule has 1 heterocycles. The maximum Gasteiger partial charge on any atom is 0.411 e. The van der Waals surface area contributed by atoms with Gasteiger partial charge in [-0.1, -0.05) is 0 Å². The Hall–Kier alpha value is -1.56. The van der Waals surface area contributed by atoms with Crippen LogP contribution < -0.4 is 10.6 Å². The van der Waals surface area contributed by atoms with Crippen molar-refractivity contribution in [3.05, 3.63) is 35.8 Å². The third-order valence-corrected chi connectivity index (χ3v) is 3.74. The summed E-state index contributed by atoms with van der Waals surface area (Å²) < 4.78 is 53.9. The van der Waals surface area contributed by atoms with Gasteiger partial charge in [-0.05, 0) is 43.5 Å². The average Bonchev–Trinajstić information content (AvgIpc) is 2.99. The summed E-state index contributed by atoms with van der Waals surface area (Å²) in [5, 5.41) is 7.09. The van der Waals surface area contributed by atoms with Crippen LogP contribution in [0.1, 0.15) is 18.9 Å². The zero-order valence-corrected chi connectivity index (χ0v) is 17.9. The zero-order valence-electron chi connectivity index (χ0n) is 15.5. The van der Waals surface area contributed by atoms with E-state index in [4.69, 9.17) is 0 Å². The fourth-order valence-corrected chi connectivity index (χ4v) is 2.56. The van der Waals surface area contributed by atoms with Crippen LogP contribution in [0.5, 0.6) is 0 Å². The van der Waals surface area contributed by atoms with Crippen molar-refractivity contribution in [2.75, 3.05) is 32.8 Å². The Kier molecular flexibility index (Phi) is 10.6. The highest BCUT2D eigenvalue weighted by Crippen LogP contribution is 2.19. The molecule has 0 aliphatic carbocycles. The number of H-pyrrole nitrogens is 1. The van der Waals surface area contributed by atoms with E-state index in [0.717, 1.165) is 16.5 Å². The Morgan fingerprint density at radius 2 is 2.04 bits per heavy atom. The normalized spacial score (nSPS) is 12.1.